The molecule has 4 aromatic rings. The van der Waals surface area contributed by atoms with E-state index in [1.165, 1.54) is 7.11 Å². The number of nitrogens with one attached hydrogen (secondary N) is 1. The summed E-state index contributed by atoms with van der Waals surface area (Å²) in [5.74, 6) is -0.359. The molecule has 0 unspecified atom stereocenters. The van der Waals surface area contributed by atoms with E-state index < -0.39 is 11.1 Å². The molecule has 9 nitrogen and oxygen atoms in total. The van der Waals surface area contributed by atoms with E-state index in [2.05, 4.69) is 15.5 Å². The van der Waals surface area contributed by atoms with E-state index in [1.54, 1.807) is 33.8 Å². The molecule has 0 aliphatic carbocycles. The first-order valence-corrected chi connectivity index (χ1v) is 10.9. The molecule has 2 amide bonds. The van der Waals surface area contributed by atoms with Gasteiger partial charge in [-0.15, -0.1) is 0 Å². The number of benzene rings is 2. The summed E-state index contributed by atoms with van der Waals surface area (Å²) in [7, 11) is 1.52. The summed E-state index contributed by atoms with van der Waals surface area (Å²) in [6.07, 6.45) is 1.99. The molecule has 0 atom stereocenters. The topological polar surface area (TPSA) is 111 Å². The van der Waals surface area contributed by atoms with Gasteiger partial charge in [-0.2, -0.15) is 19.7 Å². The number of nitrogens with zero attached hydrogens (tertiary/aromatic N) is 4. The first-order valence-electron chi connectivity index (χ1n) is 10.1. The Morgan fingerprint density at radius 3 is 2.64 bits per heavy atom. The molecule has 3 heterocycles. The number of hydrogen-bond acceptors (Lipinski definition) is 7. The maximum absolute atomic E-state index is 12.2. The van der Waals surface area contributed by atoms with Crippen LogP contribution in [0.25, 0.3) is 22.7 Å². The lowest BCUT2D eigenvalue weighted by atomic mass is 10.0. The van der Waals surface area contributed by atoms with E-state index in [-0.39, 0.29) is 10.7 Å². The number of imide groups is 1. The van der Waals surface area contributed by atoms with Gasteiger partial charge in [-0.3, -0.25) is 14.9 Å². The molecule has 2 aromatic heterocycles. The molecular formula is C23H19N5O4S. The van der Waals surface area contributed by atoms with Crippen molar-refractivity contribution < 1.29 is 19.5 Å². The first-order chi connectivity index (χ1) is 15.9. The fourth-order valence-electron chi connectivity index (χ4n) is 3.82. The highest BCUT2D eigenvalue weighted by molar-refractivity contribution is 8.18. The molecule has 5 rings (SSSR count). The highest BCUT2D eigenvalue weighted by Crippen LogP contribution is 2.34. The molecule has 2 aromatic carbocycles. The van der Waals surface area contributed by atoms with E-state index in [1.807, 2.05) is 37.3 Å². The van der Waals surface area contributed by atoms with E-state index in [4.69, 9.17) is 4.84 Å². The Bertz CT molecular complexity index is 1440. The molecule has 1 aliphatic rings. The average molecular weight is 462 g/mol. The van der Waals surface area contributed by atoms with Gasteiger partial charge in [0.25, 0.3) is 11.1 Å². The molecule has 0 saturated carbocycles. The number of carbonyl (C=O) groups excluding carboxylic acids is 2. The van der Waals surface area contributed by atoms with Crippen molar-refractivity contribution in [1.82, 2.24) is 25.0 Å². The van der Waals surface area contributed by atoms with Crippen LogP contribution in [0.3, 0.4) is 0 Å². The lowest BCUT2D eigenvalue weighted by Gasteiger charge is -2.07. The molecule has 166 valence electrons. The largest absolute Gasteiger partial charge is 0.508 e. The van der Waals surface area contributed by atoms with Crippen molar-refractivity contribution in [3.05, 3.63) is 76.1 Å². The van der Waals surface area contributed by atoms with Crippen molar-refractivity contribution in [2.45, 2.75) is 13.3 Å². The highest BCUT2D eigenvalue weighted by atomic mass is 32.2. The normalized spacial score (nSPS) is 14.9. The minimum absolute atomic E-state index is 0.101. The Labute approximate surface area is 192 Å². The Morgan fingerprint density at radius 2 is 1.94 bits per heavy atom. The van der Waals surface area contributed by atoms with Crippen LogP contribution >= 0.6 is 11.8 Å². The van der Waals surface area contributed by atoms with Crippen molar-refractivity contribution in [2.75, 3.05) is 7.11 Å². The number of aromatic nitrogens is 4. The van der Waals surface area contributed by atoms with E-state index >= 15 is 0 Å². The lowest BCUT2D eigenvalue weighted by molar-refractivity contribution is -0.115. The molecule has 10 heteroatoms. The summed E-state index contributed by atoms with van der Waals surface area (Å²) < 4.78 is 1.57. The first kappa shape index (κ1) is 20.8. The van der Waals surface area contributed by atoms with Crippen molar-refractivity contribution in [3.63, 3.8) is 0 Å². The van der Waals surface area contributed by atoms with Crippen molar-refractivity contribution >= 4 is 39.9 Å². The van der Waals surface area contributed by atoms with Gasteiger partial charge in [0, 0.05) is 11.8 Å². The quantitative estimate of drug-likeness (QED) is 0.439. The molecular weight excluding hydrogens is 442 g/mol. The van der Waals surface area contributed by atoms with Crippen LogP contribution in [0.1, 0.15) is 22.6 Å². The zero-order chi connectivity index (χ0) is 23.1. The maximum atomic E-state index is 12.2. The van der Waals surface area contributed by atoms with Crippen LogP contribution in [-0.4, -0.2) is 43.1 Å². The monoisotopic (exact) mass is 461 g/mol. The number of para-hydroxylation sites is 1. The molecule has 1 aliphatic heterocycles. The Hall–Kier alpha value is -4.05. The van der Waals surface area contributed by atoms with Gasteiger partial charge >= 0.3 is 0 Å². The zero-order valence-corrected chi connectivity index (χ0v) is 18.6. The van der Waals surface area contributed by atoms with Gasteiger partial charge in [-0.25, -0.2) is 0 Å². The highest BCUT2D eigenvalue weighted by Gasteiger charge is 2.28. The number of phenolic OH excluding ortho intramolecular Hbond substituents is 1. The second kappa shape index (κ2) is 8.14. The van der Waals surface area contributed by atoms with Crippen LogP contribution in [-0.2, 0) is 11.2 Å². The predicted molar refractivity (Wildman–Crippen MR) is 124 cm³/mol. The molecule has 2 N–H and O–H groups in total. The Kier molecular flexibility index (Phi) is 5.14. The van der Waals surface area contributed by atoms with Gasteiger partial charge in [-0.05, 0) is 60.7 Å². The molecule has 1 fully saturated rings. The smallest absolute Gasteiger partial charge is 0.290 e. The van der Waals surface area contributed by atoms with Gasteiger partial charge in [0.15, 0.2) is 0 Å². The number of hydrogen-bond donors (Lipinski definition) is 2. The van der Waals surface area contributed by atoms with Crippen LogP contribution in [0.2, 0.25) is 0 Å². The van der Waals surface area contributed by atoms with Gasteiger partial charge in [0.2, 0.25) is 0 Å². The summed E-state index contributed by atoms with van der Waals surface area (Å²) in [6, 6.07) is 14.5. The molecule has 33 heavy (non-hydrogen) atoms. The SMILES string of the molecule is COn1c(C=C2SC(=O)NC2=O)c(Cc2nn(-c3ccccc3)nc2C)c2cc(O)ccc21. The maximum Gasteiger partial charge on any atom is 0.290 e. The van der Waals surface area contributed by atoms with E-state index in [0.29, 0.717) is 17.6 Å². The number of fused-ring (bicyclic) bond motifs is 1. The van der Waals surface area contributed by atoms with Gasteiger partial charge < -0.3 is 9.94 Å². The number of rotatable bonds is 5. The zero-order valence-electron chi connectivity index (χ0n) is 17.8. The summed E-state index contributed by atoms with van der Waals surface area (Å²) in [6.45, 7) is 1.88. The van der Waals surface area contributed by atoms with Crippen LogP contribution in [0.4, 0.5) is 4.79 Å². The summed E-state index contributed by atoms with van der Waals surface area (Å²) >= 11 is 0.831. The molecule has 0 spiro atoms. The van der Waals surface area contributed by atoms with Crippen LogP contribution in [0, 0.1) is 6.92 Å². The number of thioether (sulfide) groups is 1. The van der Waals surface area contributed by atoms with Gasteiger partial charge in [-0.1, -0.05) is 18.2 Å². The van der Waals surface area contributed by atoms with Crippen LogP contribution in [0.5, 0.6) is 5.75 Å². The number of amides is 2. The fraction of sp³-hybridized carbons (Fsp3) is 0.130. The standard InChI is InChI=1S/C23H19N5O4S/c1-13-18(26-28(25-13)14-6-4-3-5-7-14)11-17-16-10-15(29)8-9-19(16)27(32-2)20(17)12-21-22(30)24-23(31)33-21/h3-10,12,29H,11H2,1-2H3,(H,24,30,31). The number of aryl methyl sites for hydroxylation is 1. The van der Waals surface area contributed by atoms with Crippen molar-refractivity contribution in [2.24, 2.45) is 0 Å². The second-order valence-corrected chi connectivity index (χ2v) is 8.44. The summed E-state index contributed by atoms with van der Waals surface area (Å²) in [4.78, 5) is 31.3. The third-order valence-corrected chi connectivity index (χ3v) is 6.16. The van der Waals surface area contributed by atoms with E-state index in [9.17, 15) is 14.7 Å². The Balaban J connectivity index is 1.67. The summed E-state index contributed by atoms with van der Waals surface area (Å²) in [5, 5.41) is 22.0. The van der Waals surface area contributed by atoms with Crippen molar-refractivity contribution in [3.8, 4) is 11.4 Å². The third-order valence-electron chi connectivity index (χ3n) is 5.35. The molecule has 0 radical (unpaired) electrons. The van der Waals surface area contributed by atoms with Crippen molar-refractivity contribution in [1.29, 1.82) is 0 Å². The van der Waals surface area contributed by atoms with Gasteiger partial charge in [0.1, 0.15) is 12.9 Å². The van der Waals surface area contributed by atoms with Crippen LogP contribution in [0.15, 0.2) is 53.4 Å². The number of carbonyl (C=O) groups is 2. The molecule has 1 saturated heterocycles. The number of phenols is 1. The van der Waals surface area contributed by atoms with Crippen LogP contribution < -0.4 is 10.2 Å². The second-order valence-electron chi connectivity index (χ2n) is 7.43. The summed E-state index contributed by atoms with van der Waals surface area (Å²) in [5.41, 5.74) is 4.39. The minimum atomic E-state index is -0.460. The predicted octanol–water partition coefficient (Wildman–Crippen LogP) is 3.21. The fourth-order valence-corrected chi connectivity index (χ4v) is 4.48. The Morgan fingerprint density at radius 1 is 1.15 bits per heavy atom. The third kappa shape index (κ3) is 3.74. The molecule has 0 bridgehead atoms. The number of aromatic hydroxyl groups is 1. The van der Waals surface area contributed by atoms with E-state index in [0.717, 1.165) is 39.8 Å². The average Bonchev–Trinajstić information content (AvgIpc) is 3.42. The lowest BCUT2D eigenvalue weighted by Crippen LogP contribution is -2.18. The van der Waals surface area contributed by atoms with Gasteiger partial charge in [0.05, 0.1) is 33.2 Å². The minimum Gasteiger partial charge on any atom is -0.508 e.